The van der Waals surface area contributed by atoms with Crippen molar-refractivity contribution >= 4 is 61.4 Å². The highest BCUT2D eigenvalue weighted by molar-refractivity contribution is 8.01. The van der Waals surface area contributed by atoms with Gasteiger partial charge in [-0.3, -0.25) is 10.1 Å². The van der Waals surface area contributed by atoms with Gasteiger partial charge in [-0.1, -0.05) is 35.6 Å². The maximum Gasteiger partial charge on any atom is 0.242 e. The Kier molecular flexibility index (Phi) is 5.32. The van der Waals surface area contributed by atoms with Crippen LogP contribution in [0.2, 0.25) is 0 Å². The minimum atomic E-state index is -0.741. The van der Waals surface area contributed by atoms with E-state index in [1.807, 2.05) is 55.8 Å². The molecule has 0 radical (unpaired) electrons. The van der Waals surface area contributed by atoms with Crippen molar-refractivity contribution in [3.63, 3.8) is 0 Å². The zero-order valence-electron chi connectivity index (χ0n) is 15.5. The second kappa shape index (κ2) is 7.91. The molecule has 1 N–H and O–H groups in total. The van der Waals surface area contributed by atoms with Crippen molar-refractivity contribution in [1.29, 1.82) is 0 Å². The van der Waals surface area contributed by atoms with Crippen LogP contribution in [0.4, 0.5) is 10.8 Å². The van der Waals surface area contributed by atoms with Gasteiger partial charge in [0.25, 0.3) is 0 Å². The number of anilines is 1. The number of hydrogen-bond acceptors (Lipinski definition) is 7. The molecule has 0 unspecified atom stereocenters. The lowest BCUT2D eigenvalue weighted by molar-refractivity contribution is -0.117. The first-order valence-electron chi connectivity index (χ1n) is 8.58. The van der Waals surface area contributed by atoms with Crippen LogP contribution in [0.1, 0.15) is 13.8 Å². The molecule has 0 saturated carbocycles. The Hall–Kier alpha value is -2.80. The average molecular weight is 438 g/mol. The lowest BCUT2D eigenvalue weighted by Gasteiger charge is -2.24. The molecule has 9 heteroatoms. The molecule has 0 aliphatic rings. The van der Waals surface area contributed by atoms with E-state index in [9.17, 15) is 4.79 Å². The summed E-state index contributed by atoms with van der Waals surface area (Å²) in [5.41, 5.74) is 6.94. The standard InChI is InChI=1S/C20H15N5OS3/c1-20(2,18(26)24-19-25-23-11-28-19)29-15-9-8-14-17(27-10-22-14)16(15)12-4-6-13(21-3)7-5-12/h4-11H,1-2H3,(H,24,25,26). The fourth-order valence-corrected chi connectivity index (χ4v) is 5.28. The van der Waals surface area contributed by atoms with Crippen molar-refractivity contribution in [2.75, 3.05) is 5.32 Å². The third kappa shape index (κ3) is 4.00. The summed E-state index contributed by atoms with van der Waals surface area (Å²) in [7, 11) is 0. The molecular weight excluding hydrogens is 422 g/mol. The molecule has 0 fully saturated rings. The van der Waals surface area contributed by atoms with Gasteiger partial charge >= 0.3 is 0 Å². The van der Waals surface area contributed by atoms with E-state index in [-0.39, 0.29) is 5.91 Å². The molecule has 6 nitrogen and oxygen atoms in total. The number of thioether (sulfide) groups is 1. The maximum absolute atomic E-state index is 12.8. The lowest BCUT2D eigenvalue weighted by Crippen LogP contribution is -2.34. The van der Waals surface area contributed by atoms with Crippen LogP contribution in [-0.2, 0) is 4.79 Å². The predicted molar refractivity (Wildman–Crippen MR) is 120 cm³/mol. The first-order chi connectivity index (χ1) is 14.0. The van der Waals surface area contributed by atoms with Crippen LogP contribution in [0, 0.1) is 6.57 Å². The van der Waals surface area contributed by atoms with Crippen molar-refractivity contribution < 1.29 is 4.79 Å². The van der Waals surface area contributed by atoms with E-state index in [2.05, 4.69) is 25.3 Å². The Labute approximate surface area is 179 Å². The first kappa shape index (κ1) is 19.5. The normalized spacial score (nSPS) is 11.3. The van der Waals surface area contributed by atoms with Gasteiger partial charge in [0, 0.05) is 10.5 Å². The van der Waals surface area contributed by atoms with E-state index in [1.54, 1.807) is 16.8 Å². The van der Waals surface area contributed by atoms with Crippen LogP contribution >= 0.6 is 34.4 Å². The molecule has 2 aromatic carbocycles. The molecule has 4 aromatic rings. The third-order valence-corrected chi connectivity index (χ3v) is 6.96. The summed E-state index contributed by atoms with van der Waals surface area (Å²) in [5, 5.41) is 11.0. The molecular formula is C20H15N5OS3. The maximum atomic E-state index is 12.8. The molecule has 29 heavy (non-hydrogen) atoms. The van der Waals surface area contributed by atoms with Gasteiger partial charge in [0.1, 0.15) is 5.51 Å². The largest absolute Gasteiger partial charge is 0.299 e. The molecule has 0 atom stereocenters. The van der Waals surface area contributed by atoms with Crippen molar-refractivity contribution in [3.8, 4) is 11.1 Å². The van der Waals surface area contributed by atoms with Gasteiger partial charge in [-0.05, 0) is 31.5 Å². The van der Waals surface area contributed by atoms with E-state index in [1.165, 1.54) is 23.1 Å². The monoisotopic (exact) mass is 437 g/mol. The van der Waals surface area contributed by atoms with Crippen LogP contribution in [0.3, 0.4) is 0 Å². The van der Waals surface area contributed by atoms with E-state index < -0.39 is 4.75 Å². The van der Waals surface area contributed by atoms with Crippen molar-refractivity contribution in [2.45, 2.75) is 23.5 Å². The highest BCUT2D eigenvalue weighted by Crippen LogP contribution is 2.44. The van der Waals surface area contributed by atoms with E-state index in [0.717, 1.165) is 26.2 Å². The number of carbonyl (C=O) groups excluding carboxylic acids is 1. The number of hydrogen-bond donors (Lipinski definition) is 1. The Morgan fingerprint density at radius 2 is 1.93 bits per heavy atom. The summed E-state index contributed by atoms with van der Waals surface area (Å²) in [6, 6.07) is 11.5. The van der Waals surface area contributed by atoms with Crippen LogP contribution in [0.15, 0.2) is 52.3 Å². The second-order valence-electron chi connectivity index (χ2n) is 6.61. The van der Waals surface area contributed by atoms with Gasteiger partial charge in [-0.25, -0.2) is 9.83 Å². The van der Waals surface area contributed by atoms with Gasteiger partial charge in [0.15, 0.2) is 5.69 Å². The van der Waals surface area contributed by atoms with Gasteiger partial charge in [-0.2, -0.15) is 0 Å². The van der Waals surface area contributed by atoms with Crippen LogP contribution < -0.4 is 5.32 Å². The fraction of sp³-hybridized carbons (Fsp3) is 0.150. The number of thiazole rings is 1. The number of nitrogens with zero attached hydrogens (tertiary/aromatic N) is 4. The molecule has 0 bridgehead atoms. The molecule has 0 aliphatic heterocycles. The summed E-state index contributed by atoms with van der Waals surface area (Å²) >= 11 is 4.34. The molecule has 0 spiro atoms. The van der Waals surface area contributed by atoms with E-state index in [4.69, 9.17) is 6.57 Å². The SMILES string of the molecule is [C-]#[N+]c1ccc(-c2c(SC(C)(C)C(=O)Nc3nncs3)ccc3ncsc23)cc1. The van der Waals surface area contributed by atoms with Crippen LogP contribution in [0.5, 0.6) is 0 Å². The Morgan fingerprint density at radius 1 is 1.14 bits per heavy atom. The minimum Gasteiger partial charge on any atom is -0.299 e. The first-order valence-corrected chi connectivity index (χ1v) is 11.2. The molecule has 0 saturated heterocycles. The number of rotatable bonds is 5. The molecule has 1 amide bonds. The van der Waals surface area contributed by atoms with Gasteiger partial charge in [0.2, 0.25) is 11.0 Å². The number of aromatic nitrogens is 3. The van der Waals surface area contributed by atoms with Crippen molar-refractivity contribution in [3.05, 3.63) is 58.8 Å². The third-order valence-electron chi connectivity index (χ3n) is 4.24. The smallest absolute Gasteiger partial charge is 0.242 e. The zero-order chi connectivity index (χ0) is 20.4. The molecule has 0 aliphatic carbocycles. The lowest BCUT2D eigenvalue weighted by atomic mass is 10.0. The predicted octanol–water partition coefficient (Wildman–Crippen LogP) is 5.87. The summed E-state index contributed by atoms with van der Waals surface area (Å²) < 4.78 is 0.320. The quantitative estimate of drug-likeness (QED) is 0.312. The van der Waals surface area contributed by atoms with E-state index in [0.29, 0.717) is 10.8 Å². The summed E-state index contributed by atoms with van der Waals surface area (Å²) in [6.45, 7) is 10.9. The summed E-state index contributed by atoms with van der Waals surface area (Å²) in [5.74, 6) is -0.141. The van der Waals surface area contributed by atoms with Gasteiger partial charge < -0.3 is 0 Å². The highest BCUT2D eigenvalue weighted by Gasteiger charge is 2.31. The molecule has 4 rings (SSSR count). The van der Waals surface area contributed by atoms with E-state index >= 15 is 0 Å². The zero-order valence-corrected chi connectivity index (χ0v) is 18.0. The fourth-order valence-electron chi connectivity index (χ4n) is 2.77. The topological polar surface area (TPSA) is 72.1 Å². The van der Waals surface area contributed by atoms with Crippen molar-refractivity contribution in [1.82, 2.24) is 15.2 Å². The average Bonchev–Trinajstić information content (AvgIpc) is 3.39. The summed E-state index contributed by atoms with van der Waals surface area (Å²) in [6.07, 6.45) is 0. The number of amides is 1. The highest BCUT2D eigenvalue weighted by atomic mass is 32.2. The van der Waals surface area contributed by atoms with Gasteiger partial charge in [0.05, 0.1) is 27.0 Å². The Bertz CT molecular complexity index is 1210. The molecule has 2 heterocycles. The van der Waals surface area contributed by atoms with Crippen LogP contribution in [-0.4, -0.2) is 25.8 Å². The van der Waals surface area contributed by atoms with Crippen LogP contribution in [0.25, 0.3) is 26.2 Å². The second-order valence-corrected chi connectivity index (χ2v) is 9.96. The van der Waals surface area contributed by atoms with Crippen molar-refractivity contribution in [2.24, 2.45) is 0 Å². The number of carbonyl (C=O) groups is 1. The minimum absolute atomic E-state index is 0.141. The number of benzene rings is 2. The Balaban J connectivity index is 1.73. The Morgan fingerprint density at radius 3 is 2.62 bits per heavy atom. The molecule has 144 valence electrons. The van der Waals surface area contributed by atoms with Gasteiger partial charge in [-0.15, -0.1) is 33.3 Å². The molecule has 2 aromatic heterocycles. The number of fused-ring (bicyclic) bond motifs is 1. The summed E-state index contributed by atoms with van der Waals surface area (Å²) in [4.78, 5) is 21.7. The number of nitrogens with one attached hydrogen (secondary N) is 1.